The standard InChI is InChI=1S/C15H15N3O3/c16-14-7-2-1-4-11(14)8-9-15(19)17-12-5-3-6-13(10-12)18(20)21/h1-7,10H,8-9,16H2,(H,17,19). The van der Waals surface area contributed by atoms with Crippen molar-refractivity contribution in [1.29, 1.82) is 0 Å². The summed E-state index contributed by atoms with van der Waals surface area (Å²) in [6.07, 6.45) is 0.782. The van der Waals surface area contributed by atoms with Crippen molar-refractivity contribution in [2.24, 2.45) is 0 Å². The molecule has 0 atom stereocenters. The van der Waals surface area contributed by atoms with E-state index >= 15 is 0 Å². The Morgan fingerprint density at radius 3 is 2.67 bits per heavy atom. The molecule has 0 saturated heterocycles. The molecule has 6 heteroatoms. The smallest absolute Gasteiger partial charge is 0.271 e. The van der Waals surface area contributed by atoms with Crippen molar-refractivity contribution in [3.8, 4) is 0 Å². The molecule has 0 aliphatic heterocycles. The van der Waals surface area contributed by atoms with E-state index in [2.05, 4.69) is 5.32 Å². The Morgan fingerprint density at radius 2 is 1.95 bits per heavy atom. The second-order valence-electron chi connectivity index (χ2n) is 4.55. The molecule has 0 spiro atoms. The van der Waals surface area contributed by atoms with Gasteiger partial charge in [-0.1, -0.05) is 24.3 Å². The van der Waals surface area contributed by atoms with Crippen molar-refractivity contribution >= 4 is 23.0 Å². The first kappa shape index (κ1) is 14.5. The van der Waals surface area contributed by atoms with Gasteiger partial charge in [0.2, 0.25) is 5.91 Å². The Labute approximate surface area is 121 Å². The lowest BCUT2D eigenvalue weighted by molar-refractivity contribution is -0.384. The third kappa shape index (κ3) is 4.04. The van der Waals surface area contributed by atoms with Gasteiger partial charge in [-0.25, -0.2) is 0 Å². The zero-order valence-corrected chi connectivity index (χ0v) is 11.3. The van der Waals surface area contributed by atoms with Crippen LogP contribution in [0.25, 0.3) is 0 Å². The van der Waals surface area contributed by atoms with Gasteiger partial charge in [-0.3, -0.25) is 14.9 Å². The van der Waals surface area contributed by atoms with Crippen molar-refractivity contribution in [3.05, 3.63) is 64.2 Å². The van der Waals surface area contributed by atoms with Crippen LogP contribution in [0.15, 0.2) is 48.5 Å². The van der Waals surface area contributed by atoms with Crippen molar-refractivity contribution in [2.45, 2.75) is 12.8 Å². The summed E-state index contributed by atoms with van der Waals surface area (Å²) in [6, 6.07) is 13.2. The van der Waals surface area contributed by atoms with E-state index in [1.165, 1.54) is 18.2 Å². The number of hydrogen-bond donors (Lipinski definition) is 2. The van der Waals surface area contributed by atoms with Crippen molar-refractivity contribution in [2.75, 3.05) is 11.1 Å². The second kappa shape index (κ2) is 6.51. The van der Waals surface area contributed by atoms with Crippen LogP contribution < -0.4 is 11.1 Å². The van der Waals surface area contributed by atoms with Crippen LogP contribution in [0, 0.1) is 10.1 Å². The summed E-state index contributed by atoms with van der Waals surface area (Å²) in [5.74, 6) is -0.209. The maximum Gasteiger partial charge on any atom is 0.271 e. The molecule has 1 amide bonds. The first-order valence-electron chi connectivity index (χ1n) is 6.44. The van der Waals surface area contributed by atoms with E-state index in [1.807, 2.05) is 18.2 Å². The molecule has 3 N–H and O–H groups in total. The minimum Gasteiger partial charge on any atom is -0.399 e. The molecule has 2 aromatic carbocycles. The largest absolute Gasteiger partial charge is 0.399 e. The van der Waals surface area contributed by atoms with Gasteiger partial charge in [0, 0.05) is 29.9 Å². The molecule has 21 heavy (non-hydrogen) atoms. The molecule has 108 valence electrons. The van der Waals surface area contributed by atoms with Gasteiger partial charge in [-0.05, 0) is 24.1 Å². The number of anilines is 2. The number of nitrogens with one attached hydrogen (secondary N) is 1. The highest BCUT2D eigenvalue weighted by Crippen LogP contribution is 2.18. The predicted molar refractivity (Wildman–Crippen MR) is 80.9 cm³/mol. The molecule has 6 nitrogen and oxygen atoms in total. The average molecular weight is 285 g/mol. The molecule has 0 radical (unpaired) electrons. The highest BCUT2D eigenvalue weighted by molar-refractivity contribution is 5.91. The fraction of sp³-hybridized carbons (Fsp3) is 0.133. The normalized spacial score (nSPS) is 10.1. The van der Waals surface area contributed by atoms with Gasteiger partial charge in [0.05, 0.1) is 4.92 Å². The van der Waals surface area contributed by atoms with E-state index in [0.717, 1.165) is 5.56 Å². The minimum atomic E-state index is -0.500. The van der Waals surface area contributed by atoms with Gasteiger partial charge in [0.15, 0.2) is 0 Å². The van der Waals surface area contributed by atoms with Gasteiger partial charge in [0.1, 0.15) is 0 Å². The summed E-state index contributed by atoms with van der Waals surface area (Å²) in [4.78, 5) is 22.0. The number of hydrogen-bond acceptors (Lipinski definition) is 4. The van der Waals surface area contributed by atoms with Crippen LogP contribution in [0.3, 0.4) is 0 Å². The maximum absolute atomic E-state index is 11.9. The van der Waals surface area contributed by atoms with Crippen LogP contribution in [0.1, 0.15) is 12.0 Å². The van der Waals surface area contributed by atoms with Crippen LogP contribution in [0.5, 0.6) is 0 Å². The third-order valence-corrected chi connectivity index (χ3v) is 3.02. The fourth-order valence-corrected chi connectivity index (χ4v) is 1.93. The van der Waals surface area contributed by atoms with E-state index in [9.17, 15) is 14.9 Å². The lowest BCUT2D eigenvalue weighted by Crippen LogP contribution is -2.12. The Hall–Kier alpha value is -2.89. The summed E-state index contributed by atoms with van der Waals surface area (Å²) in [7, 11) is 0. The van der Waals surface area contributed by atoms with E-state index in [1.54, 1.807) is 12.1 Å². The van der Waals surface area contributed by atoms with Crippen molar-refractivity contribution < 1.29 is 9.72 Å². The monoisotopic (exact) mass is 285 g/mol. The molecule has 0 heterocycles. The van der Waals surface area contributed by atoms with Gasteiger partial charge < -0.3 is 11.1 Å². The first-order chi connectivity index (χ1) is 10.1. The molecule has 0 aliphatic carbocycles. The molecule has 0 unspecified atom stereocenters. The van der Waals surface area contributed by atoms with Crippen LogP contribution in [0.4, 0.5) is 17.1 Å². The maximum atomic E-state index is 11.9. The zero-order chi connectivity index (χ0) is 15.2. The highest BCUT2D eigenvalue weighted by Gasteiger charge is 2.09. The molecule has 2 rings (SSSR count). The molecule has 0 bridgehead atoms. The van der Waals surface area contributed by atoms with E-state index < -0.39 is 4.92 Å². The molecule has 0 saturated carbocycles. The van der Waals surface area contributed by atoms with Gasteiger partial charge in [-0.2, -0.15) is 0 Å². The third-order valence-electron chi connectivity index (χ3n) is 3.02. The van der Waals surface area contributed by atoms with Crippen molar-refractivity contribution in [1.82, 2.24) is 0 Å². The highest BCUT2D eigenvalue weighted by atomic mass is 16.6. The van der Waals surface area contributed by atoms with Gasteiger partial charge >= 0.3 is 0 Å². The van der Waals surface area contributed by atoms with Gasteiger partial charge in [-0.15, -0.1) is 0 Å². The zero-order valence-electron chi connectivity index (χ0n) is 11.3. The number of nitrogens with two attached hydrogens (primary N) is 1. The number of nitrogen functional groups attached to an aromatic ring is 1. The number of aryl methyl sites for hydroxylation is 1. The lowest BCUT2D eigenvalue weighted by atomic mass is 10.1. The van der Waals surface area contributed by atoms with Crippen LogP contribution >= 0.6 is 0 Å². The SMILES string of the molecule is Nc1ccccc1CCC(=O)Nc1cccc([N+](=O)[O-])c1. The summed E-state index contributed by atoms with van der Waals surface area (Å²) in [5.41, 5.74) is 7.72. The van der Waals surface area contributed by atoms with E-state index in [-0.39, 0.29) is 18.0 Å². The van der Waals surface area contributed by atoms with Crippen molar-refractivity contribution in [3.63, 3.8) is 0 Å². The van der Waals surface area contributed by atoms with Crippen LogP contribution in [-0.2, 0) is 11.2 Å². The number of nitrogens with zero attached hydrogens (tertiary/aromatic N) is 1. The number of rotatable bonds is 5. The quantitative estimate of drug-likeness (QED) is 0.501. The molecular formula is C15H15N3O3. The summed E-state index contributed by atoms with van der Waals surface area (Å²) in [5, 5.41) is 13.3. The number of para-hydroxylation sites is 1. The fourth-order valence-electron chi connectivity index (χ4n) is 1.93. The van der Waals surface area contributed by atoms with E-state index in [0.29, 0.717) is 17.8 Å². The summed E-state index contributed by atoms with van der Waals surface area (Å²) in [6.45, 7) is 0. The number of carbonyl (C=O) groups is 1. The second-order valence-corrected chi connectivity index (χ2v) is 4.55. The number of benzene rings is 2. The number of nitro groups is 1. The molecule has 0 aromatic heterocycles. The van der Waals surface area contributed by atoms with Gasteiger partial charge in [0.25, 0.3) is 5.69 Å². The average Bonchev–Trinajstić information content (AvgIpc) is 2.46. The molecule has 0 aliphatic rings. The summed E-state index contributed by atoms with van der Waals surface area (Å²) >= 11 is 0. The van der Waals surface area contributed by atoms with Crippen LogP contribution in [-0.4, -0.2) is 10.8 Å². The van der Waals surface area contributed by atoms with Crippen LogP contribution in [0.2, 0.25) is 0 Å². The minimum absolute atomic E-state index is 0.0555. The Bertz CT molecular complexity index is 671. The Kier molecular flexibility index (Phi) is 4.50. The topological polar surface area (TPSA) is 98.3 Å². The number of nitro benzene ring substituents is 1. The Morgan fingerprint density at radius 1 is 1.19 bits per heavy atom. The molecule has 2 aromatic rings. The molecular weight excluding hydrogens is 270 g/mol. The lowest BCUT2D eigenvalue weighted by Gasteiger charge is -2.07. The molecule has 0 fully saturated rings. The predicted octanol–water partition coefficient (Wildman–Crippen LogP) is 2.75. The van der Waals surface area contributed by atoms with E-state index in [4.69, 9.17) is 5.73 Å². The number of amides is 1. The Balaban J connectivity index is 1.95. The number of non-ortho nitro benzene ring substituents is 1. The first-order valence-corrected chi connectivity index (χ1v) is 6.44. The summed E-state index contributed by atoms with van der Waals surface area (Å²) < 4.78 is 0. The number of carbonyl (C=O) groups excluding carboxylic acids is 1.